The van der Waals surface area contributed by atoms with Crippen molar-refractivity contribution < 1.29 is 4.79 Å². The van der Waals surface area contributed by atoms with Crippen LogP contribution < -0.4 is 10.2 Å². The van der Waals surface area contributed by atoms with Crippen LogP contribution in [0.2, 0.25) is 0 Å². The number of piperidine rings is 1. The molecule has 0 bridgehead atoms. The van der Waals surface area contributed by atoms with Gasteiger partial charge in [0.2, 0.25) is 0 Å². The molecule has 1 fully saturated rings. The zero-order chi connectivity index (χ0) is 18.0. The van der Waals surface area contributed by atoms with Crippen LogP contribution in [0.1, 0.15) is 46.9 Å². The van der Waals surface area contributed by atoms with Crippen LogP contribution in [0.4, 0.5) is 11.5 Å². The molecule has 0 saturated carbocycles. The smallest absolute Gasteiger partial charge is 0.276 e. The Morgan fingerprint density at radius 1 is 1.16 bits per heavy atom. The van der Waals surface area contributed by atoms with Crippen LogP contribution in [0.25, 0.3) is 0 Å². The van der Waals surface area contributed by atoms with Crippen LogP contribution in [0, 0.1) is 26.7 Å². The molecule has 0 spiro atoms. The summed E-state index contributed by atoms with van der Waals surface area (Å²) in [6.07, 6.45) is 2.44. The Bertz CT molecular complexity index is 747. The molecule has 1 atom stereocenters. The maximum absolute atomic E-state index is 12.5. The number of benzene rings is 1. The molecule has 0 radical (unpaired) electrons. The van der Waals surface area contributed by atoms with Crippen molar-refractivity contribution in [1.29, 1.82) is 0 Å². The zero-order valence-electron chi connectivity index (χ0n) is 15.5. The van der Waals surface area contributed by atoms with Gasteiger partial charge >= 0.3 is 0 Å². The van der Waals surface area contributed by atoms with E-state index >= 15 is 0 Å². The van der Waals surface area contributed by atoms with Crippen molar-refractivity contribution in [3.8, 4) is 0 Å². The van der Waals surface area contributed by atoms with Gasteiger partial charge in [-0.1, -0.05) is 24.6 Å². The topological polar surface area (TPSA) is 58.1 Å². The Morgan fingerprint density at radius 2 is 1.88 bits per heavy atom. The number of hydrogen-bond donors (Lipinski definition) is 1. The summed E-state index contributed by atoms with van der Waals surface area (Å²) in [5.74, 6) is 1.30. The van der Waals surface area contributed by atoms with Crippen molar-refractivity contribution in [2.24, 2.45) is 5.92 Å². The third-order valence-electron chi connectivity index (χ3n) is 4.78. The second-order valence-corrected chi connectivity index (χ2v) is 7.20. The van der Waals surface area contributed by atoms with Crippen molar-refractivity contribution in [2.45, 2.75) is 40.5 Å². The van der Waals surface area contributed by atoms with E-state index in [1.807, 2.05) is 19.9 Å². The molecule has 1 saturated heterocycles. The quantitative estimate of drug-likeness (QED) is 0.922. The predicted octanol–water partition coefficient (Wildman–Crippen LogP) is 3.89. The van der Waals surface area contributed by atoms with Crippen LogP contribution in [-0.4, -0.2) is 29.2 Å². The van der Waals surface area contributed by atoms with Crippen molar-refractivity contribution >= 4 is 17.4 Å². The number of aromatic nitrogens is 2. The van der Waals surface area contributed by atoms with Crippen molar-refractivity contribution in [3.05, 3.63) is 46.6 Å². The minimum Gasteiger partial charge on any atom is -0.355 e. The van der Waals surface area contributed by atoms with Gasteiger partial charge in [-0.2, -0.15) is 0 Å². The molecule has 5 nitrogen and oxygen atoms in total. The molecule has 2 aromatic rings. The van der Waals surface area contributed by atoms with Gasteiger partial charge in [-0.25, -0.2) is 0 Å². The molecular weight excluding hydrogens is 312 g/mol. The van der Waals surface area contributed by atoms with Crippen LogP contribution in [0.3, 0.4) is 0 Å². The zero-order valence-corrected chi connectivity index (χ0v) is 15.5. The van der Waals surface area contributed by atoms with Gasteiger partial charge in [0.25, 0.3) is 5.91 Å². The molecule has 1 aliphatic heterocycles. The summed E-state index contributed by atoms with van der Waals surface area (Å²) in [6.45, 7) is 10.3. The maximum atomic E-state index is 12.5. The lowest BCUT2D eigenvalue weighted by atomic mass is 10.0. The second kappa shape index (κ2) is 7.21. The Hall–Kier alpha value is -2.43. The second-order valence-electron chi connectivity index (χ2n) is 7.20. The van der Waals surface area contributed by atoms with Gasteiger partial charge in [-0.15, -0.1) is 10.2 Å². The number of carbonyl (C=O) groups excluding carboxylic acids is 1. The first kappa shape index (κ1) is 17.4. The monoisotopic (exact) mass is 338 g/mol. The van der Waals surface area contributed by atoms with E-state index in [0.29, 0.717) is 11.6 Å². The molecule has 5 heteroatoms. The van der Waals surface area contributed by atoms with E-state index in [0.717, 1.165) is 35.7 Å². The highest BCUT2D eigenvalue weighted by Crippen LogP contribution is 2.23. The predicted molar refractivity (Wildman–Crippen MR) is 101 cm³/mol. The highest BCUT2D eigenvalue weighted by molar-refractivity contribution is 6.03. The summed E-state index contributed by atoms with van der Waals surface area (Å²) in [6, 6.07) is 7.79. The van der Waals surface area contributed by atoms with E-state index < -0.39 is 0 Å². The van der Waals surface area contributed by atoms with Gasteiger partial charge in [-0.05, 0) is 62.8 Å². The van der Waals surface area contributed by atoms with Crippen LogP contribution in [0.5, 0.6) is 0 Å². The number of amides is 1. The SMILES string of the molecule is Cc1cc(C)c(NC(=O)c2ccc(N3CCCC(C)C3)nn2)c(C)c1. The number of carbonyl (C=O) groups is 1. The van der Waals surface area contributed by atoms with E-state index in [2.05, 4.69) is 46.4 Å². The summed E-state index contributed by atoms with van der Waals surface area (Å²) in [7, 11) is 0. The van der Waals surface area contributed by atoms with Gasteiger partial charge in [0.15, 0.2) is 11.5 Å². The summed E-state index contributed by atoms with van der Waals surface area (Å²) >= 11 is 0. The fraction of sp³-hybridized carbons (Fsp3) is 0.450. The minimum absolute atomic E-state index is 0.221. The van der Waals surface area contributed by atoms with Crippen LogP contribution >= 0.6 is 0 Å². The lowest BCUT2D eigenvalue weighted by Gasteiger charge is -2.31. The van der Waals surface area contributed by atoms with E-state index in [4.69, 9.17) is 0 Å². The fourth-order valence-corrected chi connectivity index (χ4v) is 3.57. The molecule has 1 aliphatic rings. The Morgan fingerprint density at radius 3 is 2.48 bits per heavy atom. The minimum atomic E-state index is -0.221. The lowest BCUT2D eigenvalue weighted by Crippen LogP contribution is -2.35. The highest BCUT2D eigenvalue weighted by atomic mass is 16.1. The maximum Gasteiger partial charge on any atom is 0.276 e. The Kier molecular flexibility index (Phi) is 5.02. The fourth-order valence-electron chi connectivity index (χ4n) is 3.57. The van der Waals surface area contributed by atoms with Crippen LogP contribution in [-0.2, 0) is 0 Å². The van der Waals surface area contributed by atoms with Gasteiger partial charge in [-0.3, -0.25) is 4.79 Å². The number of aryl methyl sites for hydroxylation is 3. The average molecular weight is 338 g/mol. The van der Waals surface area contributed by atoms with E-state index in [-0.39, 0.29) is 5.91 Å². The summed E-state index contributed by atoms with van der Waals surface area (Å²) in [5.41, 5.74) is 4.49. The summed E-state index contributed by atoms with van der Waals surface area (Å²) in [5, 5.41) is 11.4. The molecule has 2 heterocycles. The van der Waals surface area contributed by atoms with Crippen LogP contribution in [0.15, 0.2) is 24.3 Å². The first-order valence-electron chi connectivity index (χ1n) is 8.92. The lowest BCUT2D eigenvalue weighted by molar-refractivity contribution is 0.102. The number of rotatable bonds is 3. The van der Waals surface area contributed by atoms with Gasteiger partial charge in [0, 0.05) is 18.8 Å². The largest absolute Gasteiger partial charge is 0.355 e. The number of nitrogens with zero attached hydrogens (tertiary/aromatic N) is 3. The summed E-state index contributed by atoms with van der Waals surface area (Å²) < 4.78 is 0. The third kappa shape index (κ3) is 3.98. The number of nitrogens with one attached hydrogen (secondary N) is 1. The molecule has 0 aliphatic carbocycles. The molecule has 25 heavy (non-hydrogen) atoms. The molecule has 1 unspecified atom stereocenters. The summed E-state index contributed by atoms with van der Waals surface area (Å²) in [4.78, 5) is 14.8. The van der Waals surface area contributed by atoms with Gasteiger partial charge < -0.3 is 10.2 Å². The molecule has 132 valence electrons. The van der Waals surface area contributed by atoms with E-state index in [9.17, 15) is 4.79 Å². The molecule has 1 aromatic heterocycles. The molecule has 1 N–H and O–H groups in total. The van der Waals surface area contributed by atoms with Crippen molar-refractivity contribution in [1.82, 2.24) is 10.2 Å². The van der Waals surface area contributed by atoms with E-state index in [1.165, 1.54) is 18.4 Å². The average Bonchev–Trinajstić information content (AvgIpc) is 2.58. The number of anilines is 2. The van der Waals surface area contributed by atoms with Gasteiger partial charge in [0.05, 0.1) is 0 Å². The molecule has 1 amide bonds. The van der Waals surface area contributed by atoms with E-state index in [1.54, 1.807) is 6.07 Å². The third-order valence-corrected chi connectivity index (χ3v) is 4.78. The Labute approximate surface area is 149 Å². The normalized spacial score (nSPS) is 17.4. The Balaban J connectivity index is 1.73. The first-order chi connectivity index (χ1) is 11.9. The standard InChI is InChI=1S/C20H26N4O/c1-13-6-5-9-24(12-13)18-8-7-17(22-23-18)20(25)21-19-15(3)10-14(2)11-16(19)4/h7-8,10-11,13H,5-6,9,12H2,1-4H3,(H,21,25). The van der Waals surface area contributed by atoms with Crippen molar-refractivity contribution in [3.63, 3.8) is 0 Å². The van der Waals surface area contributed by atoms with Gasteiger partial charge in [0.1, 0.15) is 0 Å². The number of hydrogen-bond acceptors (Lipinski definition) is 4. The molecule has 3 rings (SSSR count). The first-order valence-corrected chi connectivity index (χ1v) is 8.92. The highest BCUT2D eigenvalue weighted by Gasteiger charge is 2.19. The molecule has 1 aromatic carbocycles. The van der Waals surface area contributed by atoms with Crippen molar-refractivity contribution in [2.75, 3.05) is 23.3 Å². The molecular formula is C20H26N4O.